The van der Waals surface area contributed by atoms with Gasteiger partial charge in [-0.1, -0.05) is 31.2 Å². The van der Waals surface area contributed by atoms with Crippen LogP contribution in [0.5, 0.6) is 0 Å². The maximum absolute atomic E-state index is 12.3. The number of ether oxygens (including phenoxy) is 1. The number of aryl methyl sites for hydroxylation is 2. The number of esters is 1. The first-order valence-corrected chi connectivity index (χ1v) is 8.93. The summed E-state index contributed by atoms with van der Waals surface area (Å²) in [5.41, 5.74) is 4.11. The van der Waals surface area contributed by atoms with Crippen molar-refractivity contribution in [1.29, 1.82) is 0 Å². The molecule has 0 saturated carbocycles. The van der Waals surface area contributed by atoms with Crippen LogP contribution in [0.2, 0.25) is 0 Å². The van der Waals surface area contributed by atoms with Crippen LogP contribution in [0.3, 0.4) is 0 Å². The van der Waals surface area contributed by atoms with E-state index in [2.05, 4.69) is 11.9 Å². The number of aromatic nitrogens is 1. The molecule has 1 N–H and O–H groups in total. The van der Waals surface area contributed by atoms with Crippen molar-refractivity contribution in [2.24, 2.45) is 0 Å². The fourth-order valence-corrected chi connectivity index (χ4v) is 3.03. The highest BCUT2D eigenvalue weighted by Crippen LogP contribution is 2.19. The number of Topliss-reactive ketones (excluding diaryl/α,β-unsaturated/α-hetero) is 1. The summed E-state index contributed by atoms with van der Waals surface area (Å²) in [5.74, 6) is -1.06. The SMILES string of the molecule is CCc1ccc(CN(C)C(=O)COC(=O)c2[nH]c(C)c(C(C)=O)c2C)cc1. The third-order valence-electron chi connectivity index (χ3n) is 4.60. The molecule has 144 valence electrons. The quantitative estimate of drug-likeness (QED) is 0.599. The van der Waals surface area contributed by atoms with Crippen LogP contribution in [0.1, 0.15) is 57.1 Å². The summed E-state index contributed by atoms with van der Waals surface area (Å²) in [4.78, 5) is 40.6. The smallest absolute Gasteiger partial charge is 0.355 e. The number of amides is 1. The first-order valence-electron chi connectivity index (χ1n) is 8.93. The van der Waals surface area contributed by atoms with E-state index in [1.54, 1.807) is 20.9 Å². The molecular weight excluding hydrogens is 344 g/mol. The van der Waals surface area contributed by atoms with Crippen LogP contribution in [0.15, 0.2) is 24.3 Å². The molecule has 6 heteroatoms. The van der Waals surface area contributed by atoms with Crippen molar-refractivity contribution in [3.8, 4) is 0 Å². The molecule has 6 nitrogen and oxygen atoms in total. The first kappa shape index (κ1) is 20.4. The second-order valence-corrected chi connectivity index (χ2v) is 6.68. The zero-order valence-corrected chi connectivity index (χ0v) is 16.5. The van der Waals surface area contributed by atoms with Crippen molar-refractivity contribution in [2.45, 2.75) is 40.7 Å². The van der Waals surface area contributed by atoms with E-state index in [4.69, 9.17) is 4.74 Å². The molecule has 2 rings (SSSR count). The standard InChI is InChI=1S/C21H26N2O4/c1-6-16-7-9-17(10-8-16)11-23(5)18(25)12-27-21(26)20-13(2)19(15(4)24)14(3)22-20/h7-10,22H,6,11-12H2,1-5H3. The van der Waals surface area contributed by atoms with Gasteiger partial charge in [-0.05, 0) is 43.9 Å². The van der Waals surface area contributed by atoms with Crippen molar-refractivity contribution in [3.05, 3.63) is 57.9 Å². The number of hydrogen-bond donors (Lipinski definition) is 1. The van der Waals surface area contributed by atoms with Gasteiger partial charge in [0.05, 0.1) is 0 Å². The Bertz CT molecular complexity index is 850. The largest absolute Gasteiger partial charge is 0.451 e. The summed E-state index contributed by atoms with van der Waals surface area (Å²) in [6.45, 7) is 7.04. The lowest BCUT2D eigenvalue weighted by atomic mass is 10.1. The van der Waals surface area contributed by atoms with Gasteiger partial charge in [-0.3, -0.25) is 9.59 Å². The van der Waals surface area contributed by atoms with E-state index < -0.39 is 5.97 Å². The lowest BCUT2D eigenvalue weighted by Crippen LogP contribution is -2.31. The highest BCUT2D eigenvalue weighted by molar-refractivity contribution is 6.01. The lowest BCUT2D eigenvalue weighted by molar-refractivity contribution is -0.133. The highest BCUT2D eigenvalue weighted by atomic mass is 16.5. The minimum Gasteiger partial charge on any atom is -0.451 e. The van der Waals surface area contributed by atoms with Gasteiger partial charge in [-0.15, -0.1) is 0 Å². The van der Waals surface area contributed by atoms with Crippen LogP contribution in [0.4, 0.5) is 0 Å². The summed E-state index contributed by atoms with van der Waals surface area (Å²) in [5, 5.41) is 0. The van der Waals surface area contributed by atoms with E-state index >= 15 is 0 Å². The topological polar surface area (TPSA) is 79.5 Å². The zero-order chi connectivity index (χ0) is 20.1. The minimum atomic E-state index is -0.642. The van der Waals surface area contributed by atoms with E-state index in [9.17, 15) is 14.4 Å². The van der Waals surface area contributed by atoms with Crippen LogP contribution in [-0.2, 0) is 22.5 Å². The number of hydrogen-bond acceptors (Lipinski definition) is 4. The average molecular weight is 370 g/mol. The zero-order valence-electron chi connectivity index (χ0n) is 16.5. The Hall–Kier alpha value is -2.89. The van der Waals surface area contributed by atoms with Gasteiger partial charge in [-0.2, -0.15) is 0 Å². The third kappa shape index (κ3) is 4.84. The van der Waals surface area contributed by atoms with Gasteiger partial charge in [0.1, 0.15) is 5.69 Å². The summed E-state index contributed by atoms with van der Waals surface area (Å²) in [7, 11) is 1.67. The molecule has 27 heavy (non-hydrogen) atoms. The monoisotopic (exact) mass is 370 g/mol. The Morgan fingerprint density at radius 3 is 2.19 bits per heavy atom. The predicted octanol–water partition coefficient (Wildman–Crippen LogP) is 3.21. The molecule has 0 aliphatic rings. The Balaban J connectivity index is 1.95. The van der Waals surface area contributed by atoms with E-state index in [-0.39, 0.29) is 24.0 Å². The van der Waals surface area contributed by atoms with Gasteiger partial charge in [0.2, 0.25) is 0 Å². The minimum absolute atomic E-state index is 0.120. The Morgan fingerprint density at radius 2 is 1.67 bits per heavy atom. The molecule has 0 bridgehead atoms. The van der Waals surface area contributed by atoms with Crippen molar-refractivity contribution in [2.75, 3.05) is 13.7 Å². The molecule has 0 spiro atoms. The lowest BCUT2D eigenvalue weighted by Gasteiger charge is -2.17. The highest BCUT2D eigenvalue weighted by Gasteiger charge is 2.22. The number of likely N-dealkylation sites (N-methyl/N-ethyl adjacent to an activating group) is 1. The number of benzene rings is 1. The summed E-state index contributed by atoms with van der Waals surface area (Å²) in [6.07, 6.45) is 0.966. The molecule has 1 amide bonds. The van der Waals surface area contributed by atoms with Crippen LogP contribution < -0.4 is 0 Å². The summed E-state index contributed by atoms with van der Waals surface area (Å²) < 4.78 is 5.14. The van der Waals surface area contributed by atoms with Gasteiger partial charge >= 0.3 is 5.97 Å². The molecule has 0 aliphatic heterocycles. The number of aromatic amines is 1. The molecular formula is C21H26N2O4. The van der Waals surface area contributed by atoms with Gasteiger partial charge in [0.25, 0.3) is 5.91 Å². The molecule has 0 saturated heterocycles. The third-order valence-corrected chi connectivity index (χ3v) is 4.60. The number of rotatable bonds is 7. The number of carbonyl (C=O) groups is 3. The van der Waals surface area contributed by atoms with E-state index in [1.807, 2.05) is 24.3 Å². The maximum atomic E-state index is 12.3. The van der Waals surface area contributed by atoms with Crippen LogP contribution >= 0.6 is 0 Å². The Morgan fingerprint density at radius 1 is 1.07 bits per heavy atom. The second kappa shape index (κ2) is 8.66. The molecule has 0 radical (unpaired) electrons. The molecule has 0 atom stereocenters. The summed E-state index contributed by atoms with van der Waals surface area (Å²) in [6, 6.07) is 8.05. The number of ketones is 1. The van der Waals surface area contributed by atoms with Gasteiger partial charge < -0.3 is 14.6 Å². The van der Waals surface area contributed by atoms with Gasteiger partial charge in [0, 0.05) is 24.8 Å². The fraction of sp³-hybridized carbons (Fsp3) is 0.381. The van der Waals surface area contributed by atoms with Crippen LogP contribution in [0.25, 0.3) is 0 Å². The molecule has 2 aromatic rings. The fourth-order valence-electron chi connectivity index (χ4n) is 3.03. The molecule has 1 heterocycles. The normalized spacial score (nSPS) is 10.6. The van der Waals surface area contributed by atoms with Gasteiger partial charge in [-0.25, -0.2) is 4.79 Å². The molecule has 0 unspecified atom stereocenters. The summed E-state index contributed by atoms with van der Waals surface area (Å²) >= 11 is 0. The van der Waals surface area contributed by atoms with E-state index in [0.29, 0.717) is 23.4 Å². The van der Waals surface area contributed by atoms with Crippen molar-refractivity contribution >= 4 is 17.7 Å². The number of nitrogens with one attached hydrogen (secondary N) is 1. The van der Waals surface area contributed by atoms with Crippen molar-refractivity contribution in [3.63, 3.8) is 0 Å². The first-order chi connectivity index (χ1) is 12.7. The van der Waals surface area contributed by atoms with Crippen LogP contribution in [-0.4, -0.2) is 41.2 Å². The number of nitrogens with zero attached hydrogens (tertiary/aromatic N) is 1. The van der Waals surface area contributed by atoms with Gasteiger partial charge in [0.15, 0.2) is 12.4 Å². The molecule has 0 aliphatic carbocycles. The Kier molecular flexibility index (Phi) is 6.55. The number of carbonyl (C=O) groups excluding carboxylic acids is 3. The average Bonchev–Trinajstić information content (AvgIpc) is 2.94. The van der Waals surface area contributed by atoms with Crippen molar-refractivity contribution in [1.82, 2.24) is 9.88 Å². The number of H-pyrrole nitrogens is 1. The predicted molar refractivity (Wildman–Crippen MR) is 103 cm³/mol. The second-order valence-electron chi connectivity index (χ2n) is 6.68. The van der Waals surface area contributed by atoms with E-state index in [0.717, 1.165) is 12.0 Å². The molecule has 1 aromatic carbocycles. The molecule has 1 aromatic heterocycles. The van der Waals surface area contributed by atoms with E-state index in [1.165, 1.54) is 17.4 Å². The van der Waals surface area contributed by atoms with Crippen molar-refractivity contribution < 1.29 is 19.1 Å². The Labute approximate surface area is 159 Å². The maximum Gasteiger partial charge on any atom is 0.355 e. The molecule has 0 fully saturated rings. The van der Waals surface area contributed by atoms with Crippen LogP contribution in [0, 0.1) is 13.8 Å².